The van der Waals surface area contributed by atoms with Gasteiger partial charge in [-0.25, -0.2) is 4.79 Å². The fourth-order valence-electron chi connectivity index (χ4n) is 3.96. The molecule has 3 aromatic carbocycles. The van der Waals surface area contributed by atoms with E-state index in [9.17, 15) is 14.4 Å². The first kappa shape index (κ1) is 24.6. The summed E-state index contributed by atoms with van der Waals surface area (Å²) in [6.07, 6.45) is 1.24. The van der Waals surface area contributed by atoms with Crippen LogP contribution in [0.3, 0.4) is 0 Å². The van der Waals surface area contributed by atoms with Gasteiger partial charge < -0.3 is 14.8 Å². The van der Waals surface area contributed by atoms with Crippen LogP contribution in [0.4, 0.5) is 4.79 Å². The molecule has 1 heterocycles. The molecule has 0 spiro atoms. The van der Waals surface area contributed by atoms with Crippen molar-refractivity contribution in [3.05, 3.63) is 107 Å². The largest absolute Gasteiger partial charge is 0.445 e. The van der Waals surface area contributed by atoms with Crippen molar-refractivity contribution in [2.45, 2.75) is 32.9 Å². The monoisotopic (exact) mass is 482 g/mol. The molecule has 1 amide bonds. The van der Waals surface area contributed by atoms with E-state index in [1.165, 1.54) is 6.92 Å². The molecule has 0 radical (unpaired) electrons. The highest BCUT2D eigenvalue weighted by molar-refractivity contribution is 6.11. The highest BCUT2D eigenvalue weighted by Crippen LogP contribution is 2.23. The number of pyridine rings is 1. The third-order valence-electron chi connectivity index (χ3n) is 5.68. The molecule has 0 aliphatic rings. The lowest BCUT2D eigenvalue weighted by molar-refractivity contribution is -0.131. The van der Waals surface area contributed by atoms with Crippen molar-refractivity contribution in [1.82, 2.24) is 10.3 Å². The van der Waals surface area contributed by atoms with Crippen LogP contribution in [0.5, 0.6) is 5.75 Å². The summed E-state index contributed by atoms with van der Waals surface area (Å²) in [5, 5.41) is 4.35. The van der Waals surface area contributed by atoms with Gasteiger partial charge in [0.05, 0.1) is 6.04 Å². The Kier molecular flexibility index (Phi) is 7.70. The smallest absolute Gasteiger partial charge is 0.408 e. The second kappa shape index (κ2) is 11.3. The summed E-state index contributed by atoms with van der Waals surface area (Å²) in [4.78, 5) is 42.2. The van der Waals surface area contributed by atoms with E-state index >= 15 is 0 Å². The molecule has 36 heavy (non-hydrogen) atoms. The van der Waals surface area contributed by atoms with Crippen LogP contribution < -0.4 is 10.1 Å². The first-order chi connectivity index (χ1) is 17.4. The van der Waals surface area contributed by atoms with Gasteiger partial charge in [-0.05, 0) is 35.6 Å². The molecule has 7 heteroatoms. The third-order valence-corrected chi connectivity index (χ3v) is 5.68. The van der Waals surface area contributed by atoms with Gasteiger partial charge in [0.1, 0.15) is 12.4 Å². The maximum atomic E-state index is 13.8. The van der Waals surface area contributed by atoms with Crippen molar-refractivity contribution >= 4 is 28.6 Å². The molecule has 0 saturated heterocycles. The molecular weight excluding hydrogens is 456 g/mol. The van der Waals surface area contributed by atoms with Gasteiger partial charge in [0.2, 0.25) is 0 Å². The Morgan fingerprint density at radius 2 is 1.58 bits per heavy atom. The number of ether oxygens (including phenoxy) is 2. The van der Waals surface area contributed by atoms with Crippen LogP contribution in [0.25, 0.3) is 10.8 Å². The number of fused-ring (bicyclic) bond motifs is 1. The minimum atomic E-state index is -0.904. The molecule has 0 fully saturated rings. The molecule has 0 aliphatic heterocycles. The van der Waals surface area contributed by atoms with E-state index in [1.807, 2.05) is 54.6 Å². The van der Waals surface area contributed by atoms with Crippen molar-refractivity contribution in [2.75, 3.05) is 0 Å². The number of esters is 1. The van der Waals surface area contributed by atoms with Crippen molar-refractivity contribution in [2.24, 2.45) is 0 Å². The molecule has 0 aliphatic carbocycles. The molecule has 1 atom stereocenters. The second-order valence-corrected chi connectivity index (χ2v) is 8.37. The van der Waals surface area contributed by atoms with Gasteiger partial charge in [-0.3, -0.25) is 14.6 Å². The zero-order valence-corrected chi connectivity index (χ0v) is 20.1. The van der Waals surface area contributed by atoms with Crippen LogP contribution in [0.2, 0.25) is 0 Å². The Morgan fingerprint density at radius 3 is 2.31 bits per heavy atom. The number of carbonyl (C=O) groups is 3. The number of aryl methyl sites for hydroxylation is 1. The number of rotatable bonds is 8. The number of benzene rings is 3. The number of nitrogens with one attached hydrogen (secondary N) is 1. The predicted molar refractivity (Wildman–Crippen MR) is 136 cm³/mol. The Bertz CT molecular complexity index is 1380. The van der Waals surface area contributed by atoms with E-state index in [0.29, 0.717) is 17.0 Å². The fourth-order valence-corrected chi connectivity index (χ4v) is 3.96. The van der Waals surface area contributed by atoms with Crippen molar-refractivity contribution in [3.8, 4) is 5.75 Å². The average Bonchev–Trinajstić information content (AvgIpc) is 2.88. The zero-order valence-electron chi connectivity index (χ0n) is 20.1. The van der Waals surface area contributed by atoms with Gasteiger partial charge in [-0.1, -0.05) is 66.7 Å². The fraction of sp³-hybridized carbons (Fsp3) is 0.172. The zero-order chi connectivity index (χ0) is 25.5. The van der Waals surface area contributed by atoms with Crippen LogP contribution in [0, 0.1) is 6.92 Å². The third kappa shape index (κ3) is 6.13. The summed E-state index contributed by atoms with van der Waals surface area (Å²) in [7, 11) is 0. The van der Waals surface area contributed by atoms with E-state index in [-0.39, 0.29) is 18.8 Å². The number of alkyl carbamates (subject to hydrolysis) is 1. The number of nitrogens with zero attached hydrogens (tertiary/aromatic N) is 1. The molecule has 1 N–H and O–H groups in total. The number of carbonyl (C=O) groups excluding carboxylic acids is 3. The lowest BCUT2D eigenvalue weighted by Gasteiger charge is -2.20. The first-order valence-corrected chi connectivity index (χ1v) is 11.5. The number of amides is 1. The molecule has 1 aromatic heterocycles. The van der Waals surface area contributed by atoms with Crippen molar-refractivity contribution < 1.29 is 23.9 Å². The van der Waals surface area contributed by atoms with Crippen LogP contribution in [0.1, 0.15) is 34.1 Å². The van der Waals surface area contributed by atoms with E-state index < -0.39 is 18.1 Å². The van der Waals surface area contributed by atoms with Crippen LogP contribution in [-0.4, -0.2) is 28.9 Å². The maximum absolute atomic E-state index is 13.8. The molecular formula is C29H26N2O5. The summed E-state index contributed by atoms with van der Waals surface area (Å²) in [5.74, 6) is -0.284. The minimum absolute atomic E-state index is 0.0829. The highest BCUT2D eigenvalue weighted by Gasteiger charge is 2.26. The lowest BCUT2D eigenvalue weighted by Crippen LogP contribution is -2.43. The van der Waals surface area contributed by atoms with Gasteiger partial charge in [-0.2, -0.15) is 0 Å². The first-order valence-electron chi connectivity index (χ1n) is 11.5. The van der Waals surface area contributed by atoms with Crippen molar-refractivity contribution in [3.63, 3.8) is 0 Å². The molecule has 4 aromatic rings. The summed E-state index contributed by atoms with van der Waals surface area (Å²) >= 11 is 0. The summed E-state index contributed by atoms with van der Waals surface area (Å²) < 4.78 is 10.5. The van der Waals surface area contributed by atoms with Gasteiger partial charge in [0.25, 0.3) is 0 Å². The quantitative estimate of drug-likeness (QED) is 0.211. The van der Waals surface area contributed by atoms with Gasteiger partial charge in [-0.15, -0.1) is 0 Å². The van der Waals surface area contributed by atoms with Crippen LogP contribution >= 0.6 is 0 Å². The Hall–Kier alpha value is -4.52. The number of Topliss-reactive ketones (excluding diaryl/α,β-unsaturated/α-hetero) is 1. The van der Waals surface area contributed by atoms with E-state index in [1.54, 1.807) is 37.4 Å². The topological polar surface area (TPSA) is 94.6 Å². The number of aromatic nitrogens is 1. The number of ketones is 1. The number of hydrogen-bond acceptors (Lipinski definition) is 6. The highest BCUT2D eigenvalue weighted by atomic mass is 16.5. The van der Waals surface area contributed by atoms with Gasteiger partial charge in [0, 0.05) is 36.2 Å². The summed E-state index contributed by atoms with van der Waals surface area (Å²) in [6, 6.07) is 22.7. The lowest BCUT2D eigenvalue weighted by atomic mass is 9.93. The molecule has 182 valence electrons. The van der Waals surface area contributed by atoms with Gasteiger partial charge in [0.15, 0.2) is 5.78 Å². The second-order valence-electron chi connectivity index (χ2n) is 8.37. The van der Waals surface area contributed by atoms with E-state index in [2.05, 4.69) is 10.3 Å². The minimum Gasteiger partial charge on any atom is -0.445 e. The standard InChI is InChI=1S/C29H26N2O5/c1-19-27(25-11-7-6-10-23(25)17-30-19)28(33)26(16-21-12-14-24(15-13-21)36-20(2)32)31-29(34)35-18-22-8-4-3-5-9-22/h3-15,17,26H,16,18H2,1-2H3,(H,31,34)/t26-/m0/s1. The van der Waals surface area contributed by atoms with E-state index in [0.717, 1.165) is 21.9 Å². The number of hydrogen-bond donors (Lipinski definition) is 1. The SMILES string of the molecule is CC(=O)Oc1ccc(C[C@H](NC(=O)OCc2ccccc2)C(=O)c2c(C)ncc3ccccc23)cc1. The maximum Gasteiger partial charge on any atom is 0.408 e. The molecule has 0 unspecified atom stereocenters. The average molecular weight is 483 g/mol. The van der Waals surface area contributed by atoms with E-state index in [4.69, 9.17) is 9.47 Å². The normalized spacial score (nSPS) is 11.5. The Balaban J connectivity index is 1.60. The molecule has 0 saturated carbocycles. The Labute approximate surface area is 209 Å². The van der Waals surface area contributed by atoms with Gasteiger partial charge >= 0.3 is 12.1 Å². The summed E-state index contributed by atoms with van der Waals surface area (Å²) in [6.45, 7) is 3.19. The summed E-state index contributed by atoms with van der Waals surface area (Å²) in [5.41, 5.74) is 2.65. The Morgan fingerprint density at radius 1 is 0.889 bits per heavy atom. The van der Waals surface area contributed by atoms with Crippen molar-refractivity contribution in [1.29, 1.82) is 0 Å². The molecule has 0 bridgehead atoms. The van der Waals surface area contributed by atoms with Crippen LogP contribution in [0.15, 0.2) is 85.1 Å². The van der Waals surface area contributed by atoms with Crippen LogP contribution in [-0.2, 0) is 22.6 Å². The molecule has 4 rings (SSSR count). The molecule has 7 nitrogen and oxygen atoms in total. The predicted octanol–water partition coefficient (Wildman–Crippen LogP) is 5.19.